The van der Waals surface area contributed by atoms with Crippen LogP contribution in [-0.2, 0) is 0 Å². The van der Waals surface area contributed by atoms with Crippen LogP contribution < -0.4 is 0 Å². The smallest absolute Gasteiger partial charge is 0.200 e. The van der Waals surface area contributed by atoms with E-state index >= 15 is 0 Å². The average molecular weight is 392 g/mol. The summed E-state index contributed by atoms with van der Waals surface area (Å²) in [5, 5.41) is 19.5. The third-order valence-corrected chi connectivity index (χ3v) is 7.20. The van der Waals surface area contributed by atoms with Crippen LogP contribution in [-0.4, -0.2) is 19.7 Å². The molecule has 0 aliphatic heterocycles. The number of nitriles is 1. The molecule has 4 atom stereocenters. The largest absolute Gasteiger partial charge is 0.461 e. The van der Waals surface area contributed by atoms with Gasteiger partial charge in [-0.15, -0.1) is 10.2 Å². The lowest BCUT2D eigenvalue weighted by atomic mass is 9.84. The lowest BCUT2D eigenvalue weighted by Gasteiger charge is -2.30. The maximum Gasteiger partial charge on any atom is 0.200 e. The highest BCUT2D eigenvalue weighted by molar-refractivity contribution is 7.99. The molecule has 2 fully saturated rings. The number of furan rings is 1. The van der Waals surface area contributed by atoms with Crippen molar-refractivity contribution in [2.24, 2.45) is 17.8 Å². The van der Waals surface area contributed by atoms with E-state index in [1.54, 1.807) is 18.5 Å². The van der Waals surface area contributed by atoms with Crippen molar-refractivity contribution in [2.75, 3.05) is 0 Å². The predicted molar refractivity (Wildman–Crippen MR) is 104 cm³/mol. The number of fused-ring (bicyclic) bond motifs is 2. The summed E-state index contributed by atoms with van der Waals surface area (Å²) in [5.41, 5.74) is 0.553. The third-order valence-electron chi connectivity index (χ3n) is 6.29. The Balaban J connectivity index is 1.51. The third kappa shape index (κ3) is 3.02. The van der Waals surface area contributed by atoms with Gasteiger partial charge in [-0.3, -0.25) is 4.57 Å². The van der Waals surface area contributed by atoms with Gasteiger partial charge in [0.05, 0.1) is 11.8 Å². The quantitative estimate of drug-likeness (QED) is 0.612. The van der Waals surface area contributed by atoms with Gasteiger partial charge in [0, 0.05) is 12.2 Å². The fourth-order valence-electron chi connectivity index (χ4n) is 4.96. The minimum atomic E-state index is 0.297. The van der Waals surface area contributed by atoms with E-state index < -0.39 is 0 Å². The van der Waals surface area contributed by atoms with E-state index in [9.17, 15) is 0 Å². The van der Waals surface area contributed by atoms with Crippen LogP contribution in [0.5, 0.6) is 0 Å². The van der Waals surface area contributed by atoms with Crippen LogP contribution in [0.15, 0.2) is 51.3 Å². The van der Waals surface area contributed by atoms with E-state index in [-0.39, 0.29) is 0 Å². The van der Waals surface area contributed by atoms with Gasteiger partial charge in [-0.1, -0.05) is 6.42 Å². The summed E-state index contributed by atoms with van der Waals surface area (Å²) < 4.78 is 7.88. The molecule has 2 bridgehead atoms. The van der Waals surface area contributed by atoms with Gasteiger partial charge in [-0.2, -0.15) is 5.26 Å². The van der Waals surface area contributed by atoms with Crippen molar-refractivity contribution in [1.82, 2.24) is 19.7 Å². The molecular weight excluding hydrogens is 370 g/mol. The minimum absolute atomic E-state index is 0.297. The monoisotopic (exact) mass is 391 g/mol. The average Bonchev–Trinajstić information content (AvgIpc) is 3.51. The Bertz CT molecular complexity index is 1000. The molecule has 7 heteroatoms. The highest BCUT2D eigenvalue weighted by atomic mass is 32.2. The zero-order chi connectivity index (χ0) is 19.1. The maximum atomic E-state index is 8.98. The maximum absolute atomic E-state index is 8.98. The van der Waals surface area contributed by atoms with Crippen LogP contribution >= 0.6 is 11.8 Å². The van der Waals surface area contributed by atoms with Crippen molar-refractivity contribution in [3.8, 4) is 17.7 Å². The van der Waals surface area contributed by atoms with Crippen LogP contribution in [0.4, 0.5) is 0 Å². The van der Waals surface area contributed by atoms with Gasteiger partial charge < -0.3 is 4.42 Å². The van der Waals surface area contributed by atoms with Crippen molar-refractivity contribution in [2.45, 2.75) is 48.8 Å². The van der Waals surface area contributed by atoms with E-state index in [0.29, 0.717) is 17.5 Å². The molecule has 3 heterocycles. The molecule has 6 nitrogen and oxygen atoms in total. The second kappa shape index (κ2) is 7.10. The number of nitrogens with zero attached hydrogens (tertiary/aromatic N) is 5. The molecule has 0 amide bonds. The summed E-state index contributed by atoms with van der Waals surface area (Å²) in [6.45, 7) is 2.29. The summed E-state index contributed by atoms with van der Waals surface area (Å²) in [4.78, 5) is 4.39. The topological polar surface area (TPSA) is 80.5 Å². The molecule has 2 aliphatic rings. The highest BCUT2D eigenvalue weighted by Crippen LogP contribution is 2.53. The molecule has 0 radical (unpaired) electrons. The van der Waals surface area contributed by atoms with Gasteiger partial charge >= 0.3 is 0 Å². The van der Waals surface area contributed by atoms with Gasteiger partial charge in [-0.25, -0.2) is 4.98 Å². The number of rotatable bonds is 5. The van der Waals surface area contributed by atoms with Gasteiger partial charge in [0.25, 0.3) is 0 Å². The first-order valence-corrected chi connectivity index (χ1v) is 10.6. The van der Waals surface area contributed by atoms with Crippen molar-refractivity contribution in [3.05, 3.63) is 42.3 Å². The van der Waals surface area contributed by atoms with Gasteiger partial charge in [-0.05, 0) is 80.0 Å². The van der Waals surface area contributed by atoms with Crippen molar-refractivity contribution >= 4 is 11.8 Å². The Morgan fingerprint density at radius 3 is 2.82 bits per heavy atom. The zero-order valence-electron chi connectivity index (χ0n) is 15.7. The van der Waals surface area contributed by atoms with Crippen molar-refractivity contribution in [3.63, 3.8) is 0 Å². The molecule has 2 saturated carbocycles. The van der Waals surface area contributed by atoms with Crippen LogP contribution in [0.2, 0.25) is 0 Å². The normalized spacial score (nSPS) is 24.4. The van der Waals surface area contributed by atoms with Crippen LogP contribution in [0.1, 0.15) is 44.2 Å². The Hall–Kier alpha value is -2.59. The fraction of sp³-hybridized carbons (Fsp3) is 0.429. The summed E-state index contributed by atoms with van der Waals surface area (Å²) in [7, 11) is 0. The van der Waals surface area contributed by atoms with Crippen LogP contribution in [0.3, 0.4) is 0 Å². The lowest BCUT2D eigenvalue weighted by Crippen LogP contribution is -2.23. The first-order chi connectivity index (χ1) is 13.7. The van der Waals surface area contributed by atoms with Crippen LogP contribution in [0, 0.1) is 29.1 Å². The molecule has 0 spiro atoms. The second-order valence-electron chi connectivity index (χ2n) is 7.83. The first kappa shape index (κ1) is 17.5. The van der Waals surface area contributed by atoms with E-state index in [0.717, 1.165) is 33.6 Å². The van der Waals surface area contributed by atoms with Gasteiger partial charge in [0.1, 0.15) is 11.1 Å². The summed E-state index contributed by atoms with van der Waals surface area (Å²) in [6, 6.07) is 9.86. The van der Waals surface area contributed by atoms with Crippen molar-refractivity contribution < 1.29 is 4.42 Å². The zero-order valence-corrected chi connectivity index (χ0v) is 16.5. The Morgan fingerprint density at radius 1 is 1.25 bits per heavy atom. The predicted octanol–water partition coefficient (Wildman–Crippen LogP) is 4.95. The molecule has 28 heavy (non-hydrogen) atoms. The lowest BCUT2D eigenvalue weighted by molar-refractivity contribution is 0.235. The molecule has 5 rings (SSSR count). The number of aromatic nitrogens is 4. The molecule has 2 aliphatic carbocycles. The molecular formula is C21H21N5OS. The molecule has 0 aromatic carbocycles. The number of hydrogen-bond donors (Lipinski definition) is 0. The Morgan fingerprint density at radius 2 is 2.18 bits per heavy atom. The fourth-order valence-corrected chi connectivity index (χ4v) is 5.83. The van der Waals surface area contributed by atoms with Crippen molar-refractivity contribution in [1.29, 1.82) is 5.26 Å². The number of pyridine rings is 1. The van der Waals surface area contributed by atoms with Gasteiger partial charge in [0.15, 0.2) is 10.9 Å². The van der Waals surface area contributed by atoms with E-state index in [4.69, 9.17) is 9.68 Å². The molecule has 142 valence electrons. The second-order valence-corrected chi connectivity index (χ2v) is 8.82. The first-order valence-electron chi connectivity index (χ1n) is 9.75. The van der Waals surface area contributed by atoms with E-state index in [2.05, 4.69) is 32.7 Å². The molecule has 0 unspecified atom stereocenters. The van der Waals surface area contributed by atoms with E-state index in [1.165, 1.54) is 37.4 Å². The molecule has 3 aromatic heterocycles. The molecule has 0 saturated heterocycles. The van der Waals surface area contributed by atoms with Crippen LogP contribution in [0.25, 0.3) is 11.6 Å². The Kier molecular flexibility index (Phi) is 4.44. The summed E-state index contributed by atoms with van der Waals surface area (Å²) in [5.74, 6) is 3.85. The Labute approximate surface area is 168 Å². The number of hydrogen-bond acceptors (Lipinski definition) is 6. The van der Waals surface area contributed by atoms with E-state index in [1.807, 2.05) is 18.2 Å². The molecule has 0 N–H and O–H groups in total. The standard InChI is InChI=1S/C21H21N5OS/c1-13(17-10-14-4-6-16(17)9-14)26-20(18-3-2-8-27-18)24-25-21(26)28-19-7-5-15(11-22)12-23-19/h2-3,5,7-8,12-14,16-17H,4,6,9-10H2,1H3/t13-,14-,16-,17+/m0/s1. The SMILES string of the molecule is C[C@@H]([C@H]1C[C@H]2CC[C@H]1C2)n1c(Sc2ccc(C#N)cn2)nnc1-c1ccco1. The molecule has 3 aromatic rings. The summed E-state index contributed by atoms with van der Waals surface area (Å²) in [6.07, 6.45) is 8.66. The highest BCUT2D eigenvalue weighted by Gasteiger charge is 2.43. The van der Waals surface area contributed by atoms with Gasteiger partial charge in [0.2, 0.25) is 5.82 Å². The minimum Gasteiger partial charge on any atom is -0.461 e. The summed E-state index contributed by atoms with van der Waals surface area (Å²) >= 11 is 1.49.